The first-order valence-electron chi connectivity index (χ1n) is 5.76. The number of halogens is 2. The Morgan fingerprint density at radius 2 is 2.28 bits per heavy atom. The second kappa shape index (κ2) is 5.87. The quantitative estimate of drug-likeness (QED) is 0.902. The normalized spacial score (nSPS) is 12.7. The van der Waals surface area contributed by atoms with E-state index in [0.29, 0.717) is 16.7 Å². The van der Waals surface area contributed by atoms with Gasteiger partial charge in [0.25, 0.3) is 0 Å². The van der Waals surface area contributed by atoms with E-state index in [1.165, 1.54) is 0 Å². The van der Waals surface area contributed by atoms with Crippen molar-refractivity contribution in [3.63, 3.8) is 0 Å². The van der Waals surface area contributed by atoms with Crippen LogP contribution in [-0.2, 0) is 0 Å². The van der Waals surface area contributed by atoms with Gasteiger partial charge < -0.3 is 9.73 Å². The molecule has 0 aliphatic rings. The maximum atomic E-state index is 6.16. The zero-order valence-corrected chi connectivity index (χ0v) is 12.5. The Hall–Kier alpha value is -0.840. The van der Waals surface area contributed by atoms with Gasteiger partial charge in [-0.05, 0) is 31.7 Å². The van der Waals surface area contributed by atoms with E-state index in [1.54, 1.807) is 6.20 Å². The van der Waals surface area contributed by atoms with Crippen LogP contribution in [0, 0.1) is 0 Å². The van der Waals surface area contributed by atoms with E-state index in [0.717, 1.165) is 16.6 Å². The Morgan fingerprint density at radius 3 is 3.00 bits per heavy atom. The number of hydrogen-bond donors (Lipinski definition) is 1. The molecular weight excluding hydrogens is 316 g/mol. The molecule has 0 fully saturated rings. The molecule has 2 aromatic rings. The minimum Gasteiger partial charge on any atom is -0.439 e. The molecule has 0 aliphatic heterocycles. The van der Waals surface area contributed by atoms with Crippen molar-refractivity contribution < 1.29 is 4.42 Å². The van der Waals surface area contributed by atoms with Crippen LogP contribution in [0.1, 0.15) is 25.8 Å². The van der Waals surface area contributed by atoms with Crippen molar-refractivity contribution in [1.29, 1.82) is 0 Å². The zero-order valence-electron chi connectivity index (χ0n) is 10.2. The maximum Gasteiger partial charge on any atom is 0.211 e. The third kappa shape index (κ3) is 2.94. The number of benzene rings is 1. The van der Waals surface area contributed by atoms with Crippen LogP contribution in [-0.4, -0.2) is 11.5 Å². The average molecular weight is 330 g/mol. The van der Waals surface area contributed by atoms with Crippen molar-refractivity contribution in [3.05, 3.63) is 39.8 Å². The lowest BCUT2D eigenvalue weighted by molar-refractivity contribution is 0.429. The largest absolute Gasteiger partial charge is 0.439 e. The number of nitrogens with one attached hydrogen (secondary N) is 1. The molecule has 96 valence electrons. The van der Waals surface area contributed by atoms with Crippen LogP contribution in [0.2, 0.25) is 5.02 Å². The summed E-state index contributed by atoms with van der Waals surface area (Å²) in [5.74, 6) is 1.35. The molecule has 1 atom stereocenters. The van der Waals surface area contributed by atoms with E-state index in [2.05, 4.69) is 26.2 Å². The summed E-state index contributed by atoms with van der Waals surface area (Å²) in [6.45, 7) is 4.93. The molecule has 0 spiro atoms. The number of oxazole rings is 1. The van der Waals surface area contributed by atoms with E-state index in [-0.39, 0.29) is 6.04 Å². The summed E-state index contributed by atoms with van der Waals surface area (Å²) < 4.78 is 6.70. The molecule has 0 amide bonds. The first-order valence-corrected chi connectivity index (χ1v) is 6.93. The van der Waals surface area contributed by atoms with Crippen molar-refractivity contribution in [2.75, 3.05) is 6.54 Å². The van der Waals surface area contributed by atoms with Gasteiger partial charge in [-0.3, -0.25) is 0 Å². The molecule has 1 aromatic heterocycles. The standard InChI is InChI=1S/C13H14BrClN2O/c1-3-16-8(2)13-17-7-12(18-13)10-6-9(14)4-5-11(10)15/h4-8,16H,3H2,1-2H3. The fourth-order valence-corrected chi connectivity index (χ4v) is 2.26. The van der Waals surface area contributed by atoms with Crippen molar-refractivity contribution in [2.24, 2.45) is 0 Å². The SMILES string of the molecule is CCNC(C)c1ncc(-c2cc(Br)ccc2Cl)o1. The predicted molar refractivity (Wildman–Crippen MR) is 76.7 cm³/mol. The Kier molecular flexibility index (Phi) is 4.43. The van der Waals surface area contributed by atoms with E-state index in [4.69, 9.17) is 16.0 Å². The molecule has 0 saturated carbocycles. The number of nitrogens with zero attached hydrogens (tertiary/aromatic N) is 1. The minimum absolute atomic E-state index is 0.0923. The first kappa shape index (κ1) is 13.6. The van der Waals surface area contributed by atoms with Gasteiger partial charge in [0.05, 0.1) is 17.3 Å². The van der Waals surface area contributed by atoms with Crippen molar-refractivity contribution in [3.8, 4) is 11.3 Å². The molecule has 0 bridgehead atoms. The highest BCUT2D eigenvalue weighted by molar-refractivity contribution is 9.10. The van der Waals surface area contributed by atoms with E-state index >= 15 is 0 Å². The van der Waals surface area contributed by atoms with Crippen molar-refractivity contribution >= 4 is 27.5 Å². The molecule has 18 heavy (non-hydrogen) atoms. The number of rotatable bonds is 4. The Bertz CT molecular complexity index is 542. The van der Waals surface area contributed by atoms with Crippen LogP contribution in [0.25, 0.3) is 11.3 Å². The molecular formula is C13H14BrClN2O. The van der Waals surface area contributed by atoms with Crippen molar-refractivity contribution in [2.45, 2.75) is 19.9 Å². The molecule has 5 heteroatoms. The minimum atomic E-state index is 0.0923. The summed E-state index contributed by atoms with van der Waals surface area (Å²) in [6, 6.07) is 5.74. The second-order valence-corrected chi connectivity index (χ2v) is 5.29. The van der Waals surface area contributed by atoms with Crippen molar-refractivity contribution in [1.82, 2.24) is 10.3 Å². The lowest BCUT2D eigenvalue weighted by Crippen LogP contribution is -2.17. The lowest BCUT2D eigenvalue weighted by atomic mass is 10.2. The smallest absolute Gasteiger partial charge is 0.211 e. The van der Waals surface area contributed by atoms with Gasteiger partial charge in [0.15, 0.2) is 5.76 Å². The Labute approximate surface area is 120 Å². The highest BCUT2D eigenvalue weighted by atomic mass is 79.9. The summed E-state index contributed by atoms with van der Waals surface area (Å²) in [6.07, 6.45) is 1.71. The second-order valence-electron chi connectivity index (χ2n) is 3.97. The highest BCUT2D eigenvalue weighted by Crippen LogP contribution is 2.31. The summed E-state index contributed by atoms with van der Waals surface area (Å²) in [4.78, 5) is 4.28. The highest BCUT2D eigenvalue weighted by Gasteiger charge is 2.14. The average Bonchev–Trinajstić information content (AvgIpc) is 2.82. The van der Waals surface area contributed by atoms with Crippen LogP contribution in [0.15, 0.2) is 33.3 Å². The van der Waals surface area contributed by atoms with Gasteiger partial charge in [-0.1, -0.05) is 34.5 Å². The Balaban J connectivity index is 2.32. The lowest BCUT2D eigenvalue weighted by Gasteiger charge is -2.07. The predicted octanol–water partition coefficient (Wildman–Crippen LogP) is 4.43. The summed E-state index contributed by atoms with van der Waals surface area (Å²) in [7, 11) is 0. The zero-order chi connectivity index (χ0) is 13.1. The van der Waals surface area contributed by atoms with Gasteiger partial charge in [0, 0.05) is 10.0 Å². The molecule has 1 heterocycles. The van der Waals surface area contributed by atoms with Gasteiger partial charge in [0.2, 0.25) is 5.89 Å². The van der Waals surface area contributed by atoms with Crippen LogP contribution in [0.4, 0.5) is 0 Å². The molecule has 0 radical (unpaired) electrons. The van der Waals surface area contributed by atoms with Crippen LogP contribution >= 0.6 is 27.5 Å². The summed E-state index contributed by atoms with van der Waals surface area (Å²) >= 11 is 9.58. The molecule has 1 unspecified atom stereocenters. The van der Waals surface area contributed by atoms with Gasteiger partial charge in [-0.25, -0.2) is 4.98 Å². The summed E-state index contributed by atoms with van der Waals surface area (Å²) in [5.41, 5.74) is 0.841. The fourth-order valence-electron chi connectivity index (χ4n) is 1.69. The maximum absolute atomic E-state index is 6.16. The molecule has 0 saturated heterocycles. The number of aromatic nitrogens is 1. The molecule has 0 aliphatic carbocycles. The van der Waals surface area contributed by atoms with Crippen LogP contribution in [0.3, 0.4) is 0 Å². The van der Waals surface area contributed by atoms with Gasteiger partial charge in [-0.2, -0.15) is 0 Å². The molecule has 1 aromatic carbocycles. The van der Waals surface area contributed by atoms with Gasteiger partial charge in [-0.15, -0.1) is 0 Å². The van der Waals surface area contributed by atoms with E-state index < -0.39 is 0 Å². The number of hydrogen-bond acceptors (Lipinski definition) is 3. The monoisotopic (exact) mass is 328 g/mol. The topological polar surface area (TPSA) is 38.1 Å². The fraction of sp³-hybridized carbons (Fsp3) is 0.308. The first-order chi connectivity index (χ1) is 8.61. The summed E-state index contributed by atoms with van der Waals surface area (Å²) in [5, 5.41) is 3.90. The van der Waals surface area contributed by atoms with Gasteiger partial charge >= 0.3 is 0 Å². The molecule has 3 nitrogen and oxygen atoms in total. The van der Waals surface area contributed by atoms with E-state index in [1.807, 2.05) is 32.0 Å². The molecule has 1 N–H and O–H groups in total. The van der Waals surface area contributed by atoms with Crippen LogP contribution in [0.5, 0.6) is 0 Å². The Morgan fingerprint density at radius 1 is 1.50 bits per heavy atom. The molecule has 2 rings (SSSR count). The van der Waals surface area contributed by atoms with Crippen LogP contribution < -0.4 is 5.32 Å². The third-order valence-corrected chi connectivity index (χ3v) is 3.42. The van der Waals surface area contributed by atoms with E-state index in [9.17, 15) is 0 Å². The van der Waals surface area contributed by atoms with Gasteiger partial charge in [0.1, 0.15) is 0 Å². The third-order valence-electron chi connectivity index (χ3n) is 2.60.